The number of nitrogens with zero attached hydrogens (tertiary/aromatic N) is 2. The first-order valence-electron chi connectivity index (χ1n) is 6.76. The highest BCUT2D eigenvalue weighted by Gasteiger charge is 2.31. The molecule has 0 heterocycles. The zero-order valence-electron chi connectivity index (χ0n) is 12.2. The number of amides is 1. The highest BCUT2D eigenvalue weighted by atomic mass is 16.2. The van der Waals surface area contributed by atoms with Gasteiger partial charge in [0.2, 0.25) is 0 Å². The minimum atomic E-state index is -0.0175. The number of nitrogen functional groups attached to an aromatic ring is 1. The molecule has 2 N–H and O–H groups in total. The maximum atomic E-state index is 11.9. The van der Waals surface area contributed by atoms with Crippen LogP contribution in [0.15, 0.2) is 18.2 Å². The highest BCUT2D eigenvalue weighted by molar-refractivity contribution is 5.95. The van der Waals surface area contributed by atoms with Crippen molar-refractivity contribution in [2.24, 2.45) is 5.92 Å². The first kappa shape index (κ1) is 13.7. The average Bonchev–Trinajstić information content (AvgIpc) is 3.20. The maximum Gasteiger partial charge on any atom is 0.253 e. The molecule has 4 nitrogen and oxygen atoms in total. The van der Waals surface area contributed by atoms with Gasteiger partial charge < -0.3 is 15.5 Å². The molecule has 1 aliphatic rings. The second-order valence-corrected chi connectivity index (χ2v) is 5.66. The normalized spacial score (nSPS) is 16.0. The molecule has 1 saturated carbocycles. The maximum absolute atomic E-state index is 11.9. The monoisotopic (exact) mass is 261 g/mol. The summed E-state index contributed by atoms with van der Waals surface area (Å²) in [5.41, 5.74) is 8.42. The fourth-order valence-corrected chi connectivity index (χ4v) is 2.38. The molecule has 0 radical (unpaired) electrons. The Morgan fingerprint density at radius 2 is 1.95 bits per heavy atom. The van der Waals surface area contributed by atoms with Gasteiger partial charge in [-0.2, -0.15) is 0 Å². The second-order valence-electron chi connectivity index (χ2n) is 5.66. The summed E-state index contributed by atoms with van der Waals surface area (Å²) in [6, 6.07) is 6.07. The van der Waals surface area contributed by atoms with Crippen LogP contribution in [0.4, 0.5) is 11.4 Å². The van der Waals surface area contributed by atoms with Gasteiger partial charge in [0.05, 0.1) is 11.4 Å². The molecule has 104 valence electrons. The highest BCUT2D eigenvalue weighted by Crippen LogP contribution is 2.37. The Balaban J connectivity index is 2.21. The summed E-state index contributed by atoms with van der Waals surface area (Å²) in [6.07, 6.45) is 2.62. The van der Waals surface area contributed by atoms with Crippen molar-refractivity contribution in [2.75, 3.05) is 31.8 Å². The van der Waals surface area contributed by atoms with E-state index in [9.17, 15) is 4.79 Å². The number of hydrogen-bond acceptors (Lipinski definition) is 3. The largest absolute Gasteiger partial charge is 0.397 e. The van der Waals surface area contributed by atoms with E-state index in [0.717, 1.165) is 11.6 Å². The third-order valence-corrected chi connectivity index (χ3v) is 3.98. The number of anilines is 2. The van der Waals surface area contributed by atoms with Gasteiger partial charge in [-0.05, 0) is 43.9 Å². The van der Waals surface area contributed by atoms with E-state index < -0.39 is 0 Å². The van der Waals surface area contributed by atoms with E-state index in [-0.39, 0.29) is 5.91 Å². The van der Waals surface area contributed by atoms with Gasteiger partial charge in [-0.1, -0.05) is 0 Å². The number of benzene rings is 1. The summed E-state index contributed by atoms with van der Waals surface area (Å²) in [7, 11) is 5.56. The van der Waals surface area contributed by atoms with Crippen LogP contribution in [-0.2, 0) is 0 Å². The molecule has 1 amide bonds. The molecule has 1 fully saturated rings. The first-order chi connectivity index (χ1) is 8.91. The fraction of sp³-hybridized carbons (Fsp3) is 0.533. The molecule has 1 aromatic rings. The summed E-state index contributed by atoms with van der Waals surface area (Å²) < 4.78 is 0. The molecule has 1 aliphatic carbocycles. The topological polar surface area (TPSA) is 49.6 Å². The van der Waals surface area contributed by atoms with Crippen LogP contribution in [0, 0.1) is 5.92 Å². The summed E-state index contributed by atoms with van der Waals surface area (Å²) >= 11 is 0. The van der Waals surface area contributed by atoms with Gasteiger partial charge in [-0.15, -0.1) is 0 Å². The van der Waals surface area contributed by atoms with Crippen LogP contribution >= 0.6 is 0 Å². The zero-order chi connectivity index (χ0) is 14.2. The Morgan fingerprint density at radius 1 is 1.32 bits per heavy atom. The number of rotatable bonds is 4. The van der Waals surface area contributed by atoms with Crippen LogP contribution in [0.5, 0.6) is 0 Å². The quantitative estimate of drug-likeness (QED) is 0.845. The fourth-order valence-electron chi connectivity index (χ4n) is 2.38. The van der Waals surface area contributed by atoms with Crippen LogP contribution in [0.25, 0.3) is 0 Å². The first-order valence-corrected chi connectivity index (χ1v) is 6.76. The number of carbonyl (C=O) groups excluding carboxylic acids is 1. The van der Waals surface area contributed by atoms with E-state index in [1.165, 1.54) is 12.8 Å². The van der Waals surface area contributed by atoms with Crippen LogP contribution in [-0.4, -0.2) is 38.0 Å². The van der Waals surface area contributed by atoms with E-state index in [0.29, 0.717) is 17.3 Å². The Hall–Kier alpha value is -1.71. The van der Waals surface area contributed by atoms with E-state index in [2.05, 4.69) is 18.9 Å². The Kier molecular flexibility index (Phi) is 3.69. The lowest BCUT2D eigenvalue weighted by atomic mass is 10.1. The molecule has 1 atom stereocenters. The molecule has 0 aromatic heterocycles. The van der Waals surface area contributed by atoms with Crippen molar-refractivity contribution in [3.05, 3.63) is 23.8 Å². The molecule has 0 spiro atoms. The van der Waals surface area contributed by atoms with E-state index in [4.69, 9.17) is 5.73 Å². The van der Waals surface area contributed by atoms with Crippen molar-refractivity contribution in [3.63, 3.8) is 0 Å². The molecule has 19 heavy (non-hydrogen) atoms. The van der Waals surface area contributed by atoms with Gasteiger partial charge in [0.1, 0.15) is 0 Å². The lowest BCUT2D eigenvalue weighted by molar-refractivity contribution is 0.0827. The van der Waals surface area contributed by atoms with Gasteiger partial charge in [-0.25, -0.2) is 0 Å². The Labute approximate surface area is 115 Å². The molecule has 0 bridgehead atoms. The van der Waals surface area contributed by atoms with Crippen molar-refractivity contribution >= 4 is 17.3 Å². The van der Waals surface area contributed by atoms with Gasteiger partial charge >= 0.3 is 0 Å². The van der Waals surface area contributed by atoms with Gasteiger partial charge in [0, 0.05) is 32.7 Å². The van der Waals surface area contributed by atoms with E-state index >= 15 is 0 Å². The minimum absolute atomic E-state index is 0.0175. The SMILES string of the molecule is CC(C1CC1)N(C)c1ccc(C(=O)N(C)C)cc1N. The standard InChI is InChI=1S/C15H23N3O/c1-10(11-5-6-11)18(4)14-8-7-12(9-13(14)16)15(19)17(2)3/h7-11H,5-6,16H2,1-4H3. The zero-order valence-corrected chi connectivity index (χ0v) is 12.2. The summed E-state index contributed by atoms with van der Waals surface area (Å²) in [6.45, 7) is 2.23. The van der Waals surface area contributed by atoms with Crippen LogP contribution < -0.4 is 10.6 Å². The van der Waals surface area contributed by atoms with Gasteiger partial charge in [-0.3, -0.25) is 4.79 Å². The smallest absolute Gasteiger partial charge is 0.253 e. The van der Waals surface area contributed by atoms with Crippen molar-refractivity contribution in [2.45, 2.75) is 25.8 Å². The predicted octanol–water partition coefficient (Wildman–Crippen LogP) is 2.21. The molecular weight excluding hydrogens is 238 g/mol. The Bertz CT molecular complexity index is 480. The second kappa shape index (κ2) is 5.11. The van der Waals surface area contributed by atoms with Crippen LogP contribution in [0.3, 0.4) is 0 Å². The molecule has 1 unspecified atom stereocenters. The molecular formula is C15H23N3O. The van der Waals surface area contributed by atoms with Crippen molar-refractivity contribution in [1.29, 1.82) is 0 Å². The summed E-state index contributed by atoms with van der Waals surface area (Å²) in [5.74, 6) is 0.767. The third kappa shape index (κ3) is 2.83. The molecule has 0 aliphatic heterocycles. The Morgan fingerprint density at radius 3 is 2.42 bits per heavy atom. The van der Waals surface area contributed by atoms with Crippen molar-refractivity contribution in [1.82, 2.24) is 4.90 Å². The summed E-state index contributed by atoms with van der Waals surface area (Å²) in [5, 5.41) is 0. The number of carbonyl (C=O) groups is 1. The predicted molar refractivity (Wildman–Crippen MR) is 79.5 cm³/mol. The molecule has 0 saturated heterocycles. The number of nitrogens with two attached hydrogens (primary N) is 1. The lowest BCUT2D eigenvalue weighted by Gasteiger charge is -2.28. The van der Waals surface area contributed by atoms with Crippen LogP contribution in [0.1, 0.15) is 30.1 Å². The average molecular weight is 261 g/mol. The van der Waals surface area contributed by atoms with Crippen molar-refractivity contribution in [3.8, 4) is 0 Å². The molecule has 2 rings (SSSR count). The van der Waals surface area contributed by atoms with Gasteiger partial charge in [0.15, 0.2) is 0 Å². The summed E-state index contributed by atoms with van der Waals surface area (Å²) in [4.78, 5) is 15.7. The molecule has 4 heteroatoms. The van der Waals surface area contributed by atoms with Crippen molar-refractivity contribution < 1.29 is 4.79 Å². The van der Waals surface area contributed by atoms with E-state index in [1.54, 1.807) is 25.1 Å². The number of hydrogen-bond donors (Lipinski definition) is 1. The van der Waals surface area contributed by atoms with Gasteiger partial charge in [0.25, 0.3) is 5.91 Å². The van der Waals surface area contributed by atoms with E-state index in [1.807, 2.05) is 12.1 Å². The lowest BCUT2D eigenvalue weighted by Crippen LogP contribution is -2.31. The third-order valence-electron chi connectivity index (χ3n) is 3.98. The molecule has 1 aromatic carbocycles. The minimum Gasteiger partial charge on any atom is -0.397 e. The van der Waals surface area contributed by atoms with Crippen LogP contribution in [0.2, 0.25) is 0 Å².